The maximum absolute atomic E-state index is 10.9. The molecule has 0 aliphatic heterocycles. The summed E-state index contributed by atoms with van der Waals surface area (Å²) in [5, 5.41) is 0. The summed E-state index contributed by atoms with van der Waals surface area (Å²) in [6.07, 6.45) is 18.4. The minimum atomic E-state index is -3.25. The van der Waals surface area contributed by atoms with E-state index in [4.69, 9.17) is 9.42 Å². The lowest BCUT2D eigenvalue weighted by atomic mass is 10.0. The van der Waals surface area contributed by atoms with Crippen molar-refractivity contribution >= 4 is 7.60 Å². The fourth-order valence-electron chi connectivity index (χ4n) is 2.53. The van der Waals surface area contributed by atoms with Crippen LogP contribution < -0.4 is 0 Å². The molecule has 1 N–H and O–H groups in total. The van der Waals surface area contributed by atoms with Crippen LogP contribution in [0.25, 0.3) is 0 Å². The predicted molar refractivity (Wildman–Crippen MR) is 92.0 cm³/mol. The first kappa shape index (κ1) is 21.1. The van der Waals surface area contributed by atoms with Gasteiger partial charge in [-0.3, -0.25) is 4.57 Å². The first-order valence-corrected chi connectivity index (χ1v) is 11.0. The Bertz CT molecular complexity index is 250. The molecule has 0 amide bonds. The average molecular weight is 320 g/mol. The Morgan fingerprint density at radius 2 is 1.05 bits per heavy atom. The van der Waals surface area contributed by atoms with Gasteiger partial charge >= 0.3 is 7.60 Å². The molecule has 21 heavy (non-hydrogen) atoms. The fourth-order valence-corrected chi connectivity index (χ4v) is 3.00. The van der Waals surface area contributed by atoms with Crippen LogP contribution in [0.1, 0.15) is 96.8 Å². The van der Waals surface area contributed by atoms with Crippen LogP contribution in [-0.2, 0) is 9.09 Å². The minimum Gasteiger partial charge on any atom is -0.324 e. The first-order valence-electron chi connectivity index (χ1n) is 9.01. The van der Waals surface area contributed by atoms with Crippen molar-refractivity contribution in [2.24, 2.45) is 0 Å². The molecule has 0 aromatic carbocycles. The molecule has 0 fully saturated rings. The van der Waals surface area contributed by atoms with E-state index in [0.717, 1.165) is 12.8 Å². The van der Waals surface area contributed by atoms with Crippen LogP contribution in [0.3, 0.4) is 0 Å². The molecule has 0 saturated heterocycles. The van der Waals surface area contributed by atoms with Crippen LogP contribution in [0.15, 0.2) is 0 Å². The average Bonchev–Trinajstić information content (AvgIpc) is 2.42. The van der Waals surface area contributed by atoms with Crippen LogP contribution in [0.4, 0.5) is 0 Å². The molecule has 0 aromatic heterocycles. The second-order valence-corrected chi connectivity index (χ2v) is 8.10. The van der Waals surface area contributed by atoms with Crippen molar-refractivity contribution < 1.29 is 14.0 Å². The standard InChI is InChI=1S/C17H37O3P/c1-3-4-5-6-7-8-9-10-11-12-13-14-15-16-17-20-21(2,18)19/h3-17H2,1-2H3,(H,18,19). The maximum atomic E-state index is 10.9. The van der Waals surface area contributed by atoms with E-state index in [9.17, 15) is 4.57 Å². The molecule has 0 aliphatic rings. The van der Waals surface area contributed by atoms with E-state index >= 15 is 0 Å². The Labute approximate surface area is 132 Å². The minimum absolute atomic E-state index is 0.419. The quantitative estimate of drug-likeness (QED) is 0.268. The summed E-state index contributed by atoms with van der Waals surface area (Å²) < 4.78 is 15.7. The van der Waals surface area contributed by atoms with Crippen LogP contribution in [0, 0.1) is 0 Å². The molecule has 128 valence electrons. The molecule has 0 saturated carbocycles. The van der Waals surface area contributed by atoms with Crippen molar-refractivity contribution in [3.63, 3.8) is 0 Å². The normalized spacial score (nSPS) is 14.2. The second kappa shape index (κ2) is 15.1. The van der Waals surface area contributed by atoms with Gasteiger partial charge in [0.2, 0.25) is 0 Å². The highest BCUT2D eigenvalue weighted by Crippen LogP contribution is 2.36. The third-order valence-electron chi connectivity index (χ3n) is 3.83. The zero-order chi connectivity index (χ0) is 15.8. The lowest BCUT2D eigenvalue weighted by Gasteiger charge is -2.06. The van der Waals surface area contributed by atoms with Gasteiger partial charge in [0.1, 0.15) is 0 Å². The van der Waals surface area contributed by atoms with Gasteiger partial charge in [0, 0.05) is 6.66 Å². The monoisotopic (exact) mass is 320 g/mol. The van der Waals surface area contributed by atoms with E-state index in [2.05, 4.69) is 6.92 Å². The number of rotatable bonds is 16. The third-order valence-corrected chi connectivity index (χ3v) is 4.49. The van der Waals surface area contributed by atoms with Crippen LogP contribution >= 0.6 is 7.60 Å². The van der Waals surface area contributed by atoms with E-state index in [1.54, 1.807) is 0 Å². The van der Waals surface area contributed by atoms with E-state index in [-0.39, 0.29) is 0 Å². The molecular formula is C17H37O3P. The van der Waals surface area contributed by atoms with Crippen molar-refractivity contribution in [3.8, 4) is 0 Å². The molecule has 0 rings (SSSR count). The number of hydrogen-bond donors (Lipinski definition) is 1. The Morgan fingerprint density at radius 1 is 0.714 bits per heavy atom. The lowest BCUT2D eigenvalue weighted by molar-refractivity contribution is 0.257. The SMILES string of the molecule is CCCCCCCCCCCCCCCCOP(C)(=O)O. The highest BCUT2D eigenvalue weighted by atomic mass is 31.2. The van der Waals surface area contributed by atoms with E-state index in [1.807, 2.05) is 0 Å². The molecule has 0 radical (unpaired) electrons. The van der Waals surface area contributed by atoms with Crippen molar-refractivity contribution in [2.75, 3.05) is 13.3 Å². The summed E-state index contributed by atoms with van der Waals surface area (Å²) in [5.41, 5.74) is 0. The molecule has 0 aliphatic carbocycles. The topological polar surface area (TPSA) is 46.5 Å². The molecule has 1 unspecified atom stereocenters. The van der Waals surface area contributed by atoms with Gasteiger partial charge in [-0.15, -0.1) is 0 Å². The molecule has 0 bridgehead atoms. The van der Waals surface area contributed by atoms with Gasteiger partial charge in [0.25, 0.3) is 0 Å². The van der Waals surface area contributed by atoms with E-state index in [0.29, 0.717) is 6.61 Å². The smallest absolute Gasteiger partial charge is 0.324 e. The third kappa shape index (κ3) is 20.1. The van der Waals surface area contributed by atoms with Crippen molar-refractivity contribution in [1.29, 1.82) is 0 Å². The van der Waals surface area contributed by atoms with Gasteiger partial charge in [0.15, 0.2) is 0 Å². The van der Waals surface area contributed by atoms with Gasteiger partial charge in [-0.1, -0.05) is 90.4 Å². The molecule has 1 atom stereocenters. The van der Waals surface area contributed by atoms with E-state index < -0.39 is 7.60 Å². The van der Waals surface area contributed by atoms with Gasteiger partial charge in [0.05, 0.1) is 6.61 Å². The van der Waals surface area contributed by atoms with Crippen LogP contribution in [-0.4, -0.2) is 18.2 Å². The zero-order valence-corrected chi connectivity index (χ0v) is 15.2. The summed E-state index contributed by atoms with van der Waals surface area (Å²) in [7, 11) is -3.25. The Hall–Kier alpha value is 0.150. The number of unbranched alkanes of at least 4 members (excludes halogenated alkanes) is 13. The highest BCUT2D eigenvalue weighted by molar-refractivity contribution is 7.51. The molecule has 0 aromatic rings. The largest absolute Gasteiger partial charge is 0.325 e. The summed E-state index contributed by atoms with van der Waals surface area (Å²) >= 11 is 0. The molecule has 0 spiro atoms. The Kier molecular flexibility index (Phi) is 15.2. The van der Waals surface area contributed by atoms with Gasteiger partial charge in [-0.2, -0.15) is 0 Å². The van der Waals surface area contributed by atoms with Crippen molar-refractivity contribution in [2.45, 2.75) is 96.8 Å². The maximum Gasteiger partial charge on any atom is 0.325 e. The van der Waals surface area contributed by atoms with Gasteiger partial charge in [-0.25, -0.2) is 0 Å². The summed E-state index contributed by atoms with van der Waals surface area (Å²) in [4.78, 5) is 8.95. The molecule has 3 nitrogen and oxygen atoms in total. The van der Waals surface area contributed by atoms with Gasteiger partial charge < -0.3 is 9.42 Å². The fraction of sp³-hybridized carbons (Fsp3) is 1.00. The van der Waals surface area contributed by atoms with Crippen LogP contribution in [0.2, 0.25) is 0 Å². The second-order valence-electron chi connectivity index (χ2n) is 6.23. The molecule has 4 heteroatoms. The first-order chi connectivity index (χ1) is 10.1. The van der Waals surface area contributed by atoms with Crippen molar-refractivity contribution in [3.05, 3.63) is 0 Å². The Morgan fingerprint density at radius 3 is 1.38 bits per heavy atom. The lowest BCUT2D eigenvalue weighted by Crippen LogP contribution is -1.91. The highest BCUT2D eigenvalue weighted by Gasteiger charge is 2.08. The predicted octanol–water partition coefficient (Wildman–Crippen LogP) is 6.30. The van der Waals surface area contributed by atoms with Crippen LogP contribution in [0.5, 0.6) is 0 Å². The summed E-state index contributed by atoms with van der Waals surface area (Å²) in [5.74, 6) is 0. The molecular weight excluding hydrogens is 283 g/mol. The van der Waals surface area contributed by atoms with Crippen molar-refractivity contribution in [1.82, 2.24) is 0 Å². The van der Waals surface area contributed by atoms with E-state index in [1.165, 1.54) is 83.7 Å². The summed E-state index contributed by atoms with van der Waals surface area (Å²) in [6.45, 7) is 3.93. The van der Waals surface area contributed by atoms with Gasteiger partial charge in [-0.05, 0) is 6.42 Å². The molecule has 0 heterocycles. The summed E-state index contributed by atoms with van der Waals surface area (Å²) in [6, 6.07) is 0. The number of hydrogen-bond acceptors (Lipinski definition) is 2. The Balaban J connectivity index is 3.01. The zero-order valence-electron chi connectivity index (χ0n) is 14.3.